The standard InChI is InChI=1S/C17H33N3O2/c1-12-9-8-10-13(2)20(12)16(22)14(3)19(7)11-15(21)18-17(4,5)6/h12-14H,8-11H2,1-7H3,(H,18,21)/t12-,13-,14+/m0/s1. The van der Waals surface area contributed by atoms with Gasteiger partial charge in [0.15, 0.2) is 0 Å². The van der Waals surface area contributed by atoms with E-state index in [9.17, 15) is 9.59 Å². The van der Waals surface area contributed by atoms with Gasteiger partial charge in [0.25, 0.3) is 0 Å². The van der Waals surface area contributed by atoms with E-state index in [4.69, 9.17) is 0 Å². The predicted molar refractivity (Wildman–Crippen MR) is 89.6 cm³/mol. The van der Waals surface area contributed by atoms with Crippen molar-refractivity contribution in [2.45, 2.75) is 84.5 Å². The molecule has 0 aromatic rings. The van der Waals surface area contributed by atoms with Crippen molar-refractivity contribution >= 4 is 11.8 Å². The highest BCUT2D eigenvalue weighted by Crippen LogP contribution is 2.23. The molecule has 1 rings (SSSR count). The Kier molecular flexibility index (Phi) is 6.41. The molecule has 0 radical (unpaired) electrons. The van der Waals surface area contributed by atoms with Gasteiger partial charge in [-0.2, -0.15) is 0 Å². The minimum Gasteiger partial charge on any atom is -0.350 e. The quantitative estimate of drug-likeness (QED) is 0.864. The van der Waals surface area contributed by atoms with Gasteiger partial charge in [-0.1, -0.05) is 0 Å². The lowest BCUT2D eigenvalue weighted by Gasteiger charge is -2.41. The zero-order chi connectivity index (χ0) is 17.1. The number of hydrogen-bond donors (Lipinski definition) is 1. The van der Waals surface area contributed by atoms with Crippen molar-refractivity contribution in [2.75, 3.05) is 13.6 Å². The fourth-order valence-corrected chi connectivity index (χ4v) is 3.08. The van der Waals surface area contributed by atoms with Gasteiger partial charge < -0.3 is 10.2 Å². The molecule has 0 saturated carbocycles. The lowest BCUT2D eigenvalue weighted by molar-refractivity contribution is -0.142. The molecular weight excluding hydrogens is 278 g/mol. The van der Waals surface area contributed by atoms with Crippen molar-refractivity contribution in [3.63, 3.8) is 0 Å². The largest absolute Gasteiger partial charge is 0.350 e. The van der Waals surface area contributed by atoms with Gasteiger partial charge in [0, 0.05) is 17.6 Å². The first-order valence-electron chi connectivity index (χ1n) is 8.36. The average Bonchev–Trinajstić information content (AvgIpc) is 2.34. The predicted octanol–water partition coefficient (Wildman–Crippen LogP) is 2.01. The van der Waals surface area contributed by atoms with Gasteiger partial charge in [-0.05, 0) is 67.9 Å². The molecule has 1 aliphatic heterocycles. The van der Waals surface area contributed by atoms with Gasteiger partial charge in [0.2, 0.25) is 11.8 Å². The number of piperidine rings is 1. The molecule has 1 aliphatic rings. The number of nitrogens with one attached hydrogen (secondary N) is 1. The molecule has 5 heteroatoms. The molecule has 0 spiro atoms. The molecule has 128 valence electrons. The molecule has 0 aromatic carbocycles. The Morgan fingerprint density at radius 2 is 1.73 bits per heavy atom. The monoisotopic (exact) mass is 311 g/mol. The van der Waals surface area contributed by atoms with Crippen LogP contribution in [0.3, 0.4) is 0 Å². The number of carbonyl (C=O) groups excluding carboxylic acids is 2. The number of rotatable bonds is 4. The molecule has 1 saturated heterocycles. The van der Waals surface area contributed by atoms with Crippen molar-refractivity contribution < 1.29 is 9.59 Å². The summed E-state index contributed by atoms with van der Waals surface area (Å²) in [5.41, 5.74) is -0.249. The van der Waals surface area contributed by atoms with E-state index in [-0.39, 0.29) is 42.0 Å². The van der Waals surface area contributed by atoms with E-state index in [0.29, 0.717) is 0 Å². The van der Waals surface area contributed by atoms with E-state index >= 15 is 0 Å². The van der Waals surface area contributed by atoms with E-state index in [0.717, 1.165) is 12.8 Å². The Morgan fingerprint density at radius 1 is 1.23 bits per heavy atom. The third kappa shape index (κ3) is 5.27. The maximum atomic E-state index is 12.8. The minimum atomic E-state index is -0.284. The lowest BCUT2D eigenvalue weighted by atomic mass is 9.96. The van der Waals surface area contributed by atoms with Gasteiger partial charge >= 0.3 is 0 Å². The summed E-state index contributed by atoms with van der Waals surface area (Å²) >= 11 is 0. The highest BCUT2D eigenvalue weighted by molar-refractivity contribution is 5.84. The molecule has 0 unspecified atom stereocenters. The van der Waals surface area contributed by atoms with Crippen molar-refractivity contribution in [1.82, 2.24) is 15.1 Å². The van der Waals surface area contributed by atoms with E-state index in [2.05, 4.69) is 19.2 Å². The van der Waals surface area contributed by atoms with E-state index in [1.165, 1.54) is 6.42 Å². The SMILES string of the molecule is C[C@H](C(=O)N1[C@@H](C)CCC[C@@H]1C)N(C)CC(=O)NC(C)(C)C. The Hall–Kier alpha value is -1.10. The fraction of sp³-hybridized carbons (Fsp3) is 0.882. The molecule has 5 nitrogen and oxygen atoms in total. The summed E-state index contributed by atoms with van der Waals surface area (Å²) in [6, 6.07) is 0.291. The van der Waals surface area contributed by atoms with Gasteiger partial charge in [-0.3, -0.25) is 14.5 Å². The van der Waals surface area contributed by atoms with Crippen molar-refractivity contribution in [2.24, 2.45) is 0 Å². The molecule has 22 heavy (non-hydrogen) atoms. The van der Waals surface area contributed by atoms with Crippen molar-refractivity contribution in [3.05, 3.63) is 0 Å². The van der Waals surface area contributed by atoms with Crippen LogP contribution in [0.4, 0.5) is 0 Å². The molecular formula is C17H33N3O2. The molecule has 3 atom stereocenters. The molecule has 0 aromatic heterocycles. The first-order valence-corrected chi connectivity index (χ1v) is 8.36. The Morgan fingerprint density at radius 3 is 2.18 bits per heavy atom. The molecule has 0 bridgehead atoms. The second-order valence-electron chi connectivity index (χ2n) is 7.76. The lowest BCUT2D eigenvalue weighted by Crippen LogP contribution is -2.55. The summed E-state index contributed by atoms with van der Waals surface area (Å²) in [7, 11) is 1.84. The minimum absolute atomic E-state index is 0.0469. The van der Waals surface area contributed by atoms with Crippen molar-refractivity contribution in [3.8, 4) is 0 Å². The van der Waals surface area contributed by atoms with Crippen LogP contribution in [0.2, 0.25) is 0 Å². The van der Waals surface area contributed by atoms with Crippen molar-refractivity contribution in [1.29, 1.82) is 0 Å². The number of nitrogens with zero attached hydrogens (tertiary/aromatic N) is 2. The number of hydrogen-bond acceptors (Lipinski definition) is 3. The van der Waals surface area contributed by atoms with E-state index in [1.807, 2.05) is 44.5 Å². The first kappa shape index (κ1) is 18.9. The number of likely N-dealkylation sites (tertiary alicyclic amines) is 1. The van der Waals surface area contributed by atoms with Crippen LogP contribution in [-0.2, 0) is 9.59 Å². The fourth-order valence-electron chi connectivity index (χ4n) is 3.08. The maximum Gasteiger partial charge on any atom is 0.240 e. The Labute approximate surface area is 135 Å². The van der Waals surface area contributed by atoms with Crippen LogP contribution >= 0.6 is 0 Å². The number of likely N-dealkylation sites (N-methyl/N-ethyl adjacent to an activating group) is 1. The van der Waals surface area contributed by atoms with E-state index in [1.54, 1.807) is 0 Å². The van der Waals surface area contributed by atoms with Crippen LogP contribution in [0.1, 0.15) is 60.8 Å². The van der Waals surface area contributed by atoms with Crippen LogP contribution in [0.5, 0.6) is 0 Å². The smallest absolute Gasteiger partial charge is 0.240 e. The molecule has 1 N–H and O–H groups in total. The highest BCUT2D eigenvalue weighted by Gasteiger charge is 2.33. The third-order valence-corrected chi connectivity index (χ3v) is 4.37. The Bertz CT molecular complexity index is 393. The summed E-state index contributed by atoms with van der Waals surface area (Å²) in [5.74, 6) is 0.0835. The van der Waals surface area contributed by atoms with Crippen LogP contribution in [0.15, 0.2) is 0 Å². The first-order chi connectivity index (χ1) is 10.0. The summed E-state index contributed by atoms with van der Waals surface area (Å²) in [5, 5.41) is 2.94. The zero-order valence-corrected chi connectivity index (χ0v) is 15.3. The van der Waals surface area contributed by atoms with Crippen LogP contribution < -0.4 is 5.32 Å². The van der Waals surface area contributed by atoms with Crippen LogP contribution in [0, 0.1) is 0 Å². The van der Waals surface area contributed by atoms with E-state index < -0.39 is 0 Å². The van der Waals surface area contributed by atoms with Crippen LogP contribution in [-0.4, -0.2) is 58.9 Å². The third-order valence-electron chi connectivity index (χ3n) is 4.37. The summed E-state index contributed by atoms with van der Waals surface area (Å²) in [6.07, 6.45) is 3.32. The summed E-state index contributed by atoms with van der Waals surface area (Å²) in [4.78, 5) is 28.6. The van der Waals surface area contributed by atoms with Gasteiger partial charge in [-0.15, -0.1) is 0 Å². The number of carbonyl (C=O) groups is 2. The van der Waals surface area contributed by atoms with Gasteiger partial charge in [0.05, 0.1) is 12.6 Å². The Balaban J connectivity index is 2.63. The topological polar surface area (TPSA) is 52.7 Å². The molecule has 1 fully saturated rings. The second kappa shape index (κ2) is 7.44. The van der Waals surface area contributed by atoms with Gasteiger partial charge in [0.1, 0.15) is 0 Å². The zero-order valence-electron chi connectivity index (χ0n) is 15.3. The second-order valence-corrected chi connectivity index (χ2v) is 7.76. The normalized spacial score (nSPS) is 24.3. The molecule has 0 aliphatic carbocycles. The summed E-state index contributed by atoms with van der Waals surface area (Å²) < 4.78 is 0. The highest BCUT2D eigenvalue weighted by atomic mass is 16.2. The molecule has 1 heterocycles. The number of amides is 2. The molecule has 2 amide bonds. The average molecular weight is 311 g/mol. The van der Waals surface area contributed by atoms with Gasteiger partial charge in [-0.25, -0.2) is 0 Å². The summed E-state index contributed by atoms with van der Waals surface area (Å²) in [6.45, 7) is 12.2. The maximum absolute atomic E-state index is 12.8. The van der Waals surface area contributed by atoms with Crippen LogP contribution in [0.25, 0.3) is 0 Å².